The second-order valence-electron chi connectivity index (χ2n) is 6.05. The Morgan fingerprint density at radius 2 is 1.88 bits per heavy atom. The van der Waals surface area contributed by atoms with E-state index in [1.165, 1.54) is 29.4 Å². The summed E-state index contributed by atoms with van der Waals surface area (Å²) >= 11 is 0. The molecule has 0 aliphatic heterocycles. The third kappa shape index (κ3) is 4.82. The van der Waals surface area contributed by atoms with Crippen molar-refractivity contribution < 1.29 is 18.0 Å². The van der Waals surface area contributed by atoms with Gasteiger partial charge in [0.1, 0.15) is 0 Å². The standard InChI is InChI=1S/C17H21F3N4O/c1-12-15(22-11-21-12)10-24(9-8-23(2)3)16(25)13-6-4-5-7-14(13)17(18,19)20/h4-7,11H,8-10H2,1-3H3,(H,21,22). The van der Waals surface area contributed by atoms with Crippen LogP contribution in [0.5, 0.6) is 0 Å². The average molecular weight is 354 g/mol. The molecule has 136 valence electrons. The molecule has 8 heteroatoms. The fourth-order valence-corrected chi connectivity index (χ4v) is 2.39. The Morgan fingerprint density at radius 1 is 1.20 bits per heavy atom. The van der Waals surface area contributed by atoms with Crippen molar-refractivity contribution in [2.45, 2.75) is 19.6 Å². The summed E-state index contributed by atoms with van der Waals surface area (Å²) in [5, 5.41) is 0. The van der Waals surface area contributed by atoms with Crippen LogP contribution in [-0.4, -0.2) is 52.9 Å². The van der Waals surface area contributed by atoms with E-state index in [0.29, 0.717) is 18.8 Å². The number of amides is 1. The molecule has 0 saturated heterocycles. The molecule has 5 nitrogen and oxygen atoms in total. The highest BCUT2D eigenvalue weighted by Crippen LogP contribution is 2.32. The van der Waals surface area contributed by atoms with Gasteiger partial charge in [0.2, 0.25) is 0 Å². The molecule has 1 aromatic heterocycles. The van der Waals surface area contributed by atoms with E-state index in [2.05, 4.69) is 9.97 Å². The number of benzene rings is 1. The van der Waals surface area contributed by atoms with Crippen LogP contribution < -0.4 is 0 Å². The largest absolute Gasteiger partial charge is 0.417 e. The lowest BCUT2D eigenvalue weighted by Crippen LogP contribution is -2.37. The van der Waals surface area contributed by atoms with Crippen molar-refractivity contribution in [2.75, 3.05) is 27.2 Å². The molecular weight excluding hydrogens is 333 g/mol. The monoisotopic (exact) mass is 354 g/mol. The maximum Gasteiger partial charge on any atom is 0.417 e. The molecular formula is C17H21F3N4O. The number of rotatable bonds is 6. The number of aromatic nitrogens is 2. The van der Waals surface area contributed by atoms with Gasteiger partial charge in [-0.2, -0.15) is 13.2 Å². The van der Waals surface area contributed by atoms with Crippen LogP contribution in [0, 0.1) is 6.92 Å². The Labute approximate surface area is 144 Å². The van der Waals surface area contributed by atoms with E-state index in [-0.39, 0.29) is 12.1 Å². The lowest BCUT2D eigenvalue weighted by molar-refractivity contribution is -0.138. The molecule has 0 fully saturated rings. The molecule has 2 aromatic rings. The van der Waals surface area contributed by atoms with E-state index in [4.69, 9.17) is 0 Å². The molecule has 0 unspecified atom stereocenters. The first-order chi connectivity index (χ1) is 11.7. The number of likely N-dealkylation sites (N-methyl/N-ethyl adjacent to an activating group) is 1. The molecule has 2 rings (SSSR count). The van der Waals surface area contributed by atoms with E-state index in [9.17, 15) is 18.0 Å². The van der Waals surface area contributed by atoms with Crippen molar-refractivity contribution in [3.63, 3.8) is 0 Å². The van der Waals surface area contributed by atoms with Crippen molar-refractivity contribution >= 4 is 5.91 Å². The summed E-state index contributed by atoms with van der Waals surface area (Å²) in [6, 6.07) is 4.86. The van der Waals surface area contributed by atoms with Crippen molar-refractivity contribution in [1.82, 2.24) is 19.8 Å². The van der Waals surface area contributed by atoms with Gasteiger partial charge >= 0.3 is 6.18 Å². The van der Waals surface area contributed by atoms with E-state index < -0.39 is 17.6 Å². The van der Waals surface area contributed by atoms with Crippen molar-refractivity contribution in [1.29, 1.82) is 0 Å². The van der Waals surface area contributed by atoms with E-state index in [0.717, 1.165) is 11.8 Å². The zero-order valence-corrected chi connectivity index (χ0v) is 14.4. The van der Waals surface area contributed by atoms with Crippen LogP contribution >= 0.6 is 0 Å². The summed E-state index contributed by atoms with van der Waals surface area (Å²) < 4.78 is 39.7. The summed E-state index contributed by atoms with van der Waals surface area (Å²) in [5.41, 5.74) is 0.152. The van der Waals surface area contributed by atoms with Crippen LogP contribution in [0.15, 0.2) is 30.6 Å². The normalized spacial score (nSPS) is 11.8. The summed E-state index contributed by atoms with van der Waals surface area (Å²) in [5.74, 6) is -0.655. The zero-order chi connectivity index (χ0) is 18.6. The maximum atomic E-state index is 13.2. The Hall–Kier alpha value is -2.35. The number of H-pyrrole nitrogens is 1. The van der Waals surface area contributed by atoms with E-state index in [1.807, 2.05) is 19.0 Å². The molecule has 0 spiro atoms. The van der Waals surface area contributed by atoms with Crippen molar-refractivity contribution in [3.8, 4) is 0 Å². The maximum absolute atomic E-state index is 13.2. The number of nitrogens with one attached hydrogen (secondary N) is 1. The number of hydrogen-bond acceptors (Lipinski definition) is 3. The Morgan fingerprint density at radius 3 is 2.44 bits per heavy atom. The number of imidazole rings is 1. The van der Waals surface area contributed by atoms with Crippen molar-refractivity contribution in [2.24, 2.45) is 0 Å². The molecule has 1 aromatic carbocycles. The minimum Gasteiger partial charge on any atom is -0.348 e. The molecule has 0 radical (unpaired) electrons. The van der Waals surface area contributed by atoms with Gasteiger partial charge in [-0.25, -0.2) is 4.98 Å². The predicted molar refractivity (Wildman–Crippen MR) is 88.1 cm³/mol. The first-order valence-electron chi connectivity index (χ1n) is 7.79. The number of carbonyl (C=O) groups is 1. The highest BCUT2D eigenvalue weighted by Gasteiger charge is 2.36. The van der Waals surface area contributed by atoms with Gasteiger partial charge < -0.3 is 14.8 Å². The van der Waals surface area contributed by atoms with Crippen LogP contribution in [0.25, 0.3) is 0 Å². The zero-order valence-electron chi connectivity index (χ0n) is 14.4. The van der Waals surface area contributed by atoms with E-state index >= 15 is 0 Å². The number of halogens is 3. The minimum atomic E-state index is -4.58. The number of alkyl halides is 3. The third-order valence-electron chi connectivity index (χ3n) is 3.84. The van der Waals surface area contributed by atoms with Crippen LogP contribution in [0.4, 0.5) is 13.2 Å². The van der Waals surface area contributed by atoms with Gasteiger partial charge in [-0.15, -0.1) is 0 Å². The molecule has 1 heterocycles. The number of nitrogens with zero attached hydrogens (tertiary/aromatic N) is 3. The molecule has 0 aliphatic rings. The lowest BCUT2D eigenvalue weighted by atomic mass is 10.1. The first-order valence-corrected chi connectivity index (χ1v) is 7.79. The second-order valence-corrected chi connectivity index (χ2v) is 6.05. The topological polar surface area (TPSA) is 52.2 Å². The van der Waals surface area contributed by atoms with Crippen LogP contribution in [-0.2, 0) is 12.7 Å². The number of hydrogen-bond donors (Lipinski definition) is 1. The quantitative estimate of drug-likeness (QED) is 0.868. The molecule has 0 aliphatic carbocycles. The van der Waals surface area contributed by atoms with Gasteiger partial charge in [-0.1, -0.05) is 12.1 Å². The molecule has 0 saturated carbocycles. The molecule has 1 N–H and O–H groups in total. The Kier molecular flexibility index (Phi) is 5.84. The second kappa shape index (κ2) is 7.69. The number of aryl methyl sites for hydroxylation is 1. The Balaban J connectivity index is 2.33. The molecule has 1 amide bonds. The number of aromatic amines is 1. The van der Waals surface area contributed by atoms with Crippen LogP contribution in [0.1, 0.15) is 27.3 Å². The summed E-state index contributed by atoms with van der Waals surface area (Å²) in [6.45, 7) is 2.78. The molecule has 25 heavy (non-hydrogen) atoms. The van der Waals surface area contributed by atoms with Gasteiger partial charge in [0, 0.05) is 18.8 Å². The predicted octanol–water partition coefficient (Wildman–Crippen LogP) is 2.94. The number of carbonyl (C=O) groups excluding carboxylic acids is 1. The van der Waals surface area contributed by atoms with Gasteiger partial charge in [-0.05, 0) is 33.2 Å². The first kappa shape index (κ1) is 19.0. The van der Waals surface area contributed by atoms with Gasteiger partial charge in [0.25, 0.3) is 5.91 Å². The molecule has 0 atom stereocenters. The van der Waals surface area contributed by atoms with Crippen LogP contribution in [0.2, 0.25) is 0 Å². The minimum absolute atomic E-state index is 0.147. The smallest absolute Gasteiger partial charge is 0.348 e. The highest BCUT2D eigenvalue weighted by atomic mass is 19.4. The van der Waals surface area contributed by atoms with Crippen LogP contribution in [0.3, 0.4) is 0 Å². The SMILES string of the molecule is Cc1[nH]cnc1CN(CCN(C)C)C(=O)c1ccccc1C(F)(F)F. The van der Waals surface area contributed by atoms with Gasteiger partial charge in [0.15, 0.2) is 0 Å². The fourth-order valence-electron chi connectivity index (χ4n) is 2.39. The summed E-state index contributed by atoms with van der Waals surface area (Å²) in [4.78, 5) is 23.2. The van der Waals surface area contributed by atoms with Gasteiger partial charge in [-0.3, -0.25) is 4.79 Å². The Bertz CT molecular complexity index is 725. The lowest BCUT2D eigenvalue weighted by Gasteiger charge is -2.25. The average Bonchev–Trinajstić information content (AvgIpc) is 2.94. The molecule has 0 bridgehead atoms. The highest BCUT2D eigenvalue weighted by molar-refractivity contribution is 5.95. The van der Waals surface area contributed by atoms with Crippen molar-refractivity contribution in [3.05, 3.63) is 53.1 Å². The third-order valence-corrected chi connectivity index (χ3v) is 3.84. The fraction of sp³-hybridized carbons (Fsp3) is 0.412. The summed E-state index contributed by atoms with van der Waals surface area (Å²) in [7, 11) is 3.68. The summed E-state index contributed by atoms with van der Waals surface area (Å²) in [6.07, 6.45) is -3.08. The van der Waals surface area contributed by atoms with Gasteiger partial charge in [0.05, 0.1) is 29.7 Å². The van der Waals surface area contributed by atoms with E-state index in [1.54, 1.807) is 6.92 Å².